The van der Waals surface area contributed by atoms with Crippen molar-refractivity contribution >= 4 is 0 Å². The first-order valence-electron chi connectivity index (χ1n) is 6.50. The maximum absolute atomic E-state index is 3.64. The van der Waals surface area contributed by atoms with Crippen LogP contribution in [0.25, 0.3) is 0 Å². The molecule has 0 bridgehead atoms. The van der Waals surface area contributed by atoms with E-state index in [0.717, 1.165) is 0 Å². The van der Waals surface area contributed by atoms with E-state index in [1.54, 1.807) is 13.7 Å². The van der Waals surface area contributed by atoms with Crippen molar-refractivity contribution < 1.29 is 30.8 Å². The van der Waals surface area contributed by atoms with Crippen molar-refractivity contribution in [3.05, 3.63) is 113 Å². The van der Waals surface area contributed by atoms with Gasteiger partial charge in [-0.2, -0.15) is 0 Å². The third-order valence-electron chi connectivity index (χ3n) is 2.33. The van der Waals surface area contributed by atoms with Gasteiger partial charge in [0.25, 0.3) is 0 Å². The summed E-state index contributed by atoms with van der Waals surface area (Å²) in [4.78, 5) is 0. The van der Waals surface area contributed by atoms with E-state index in [1.165, 1.54) is 0 Å². The topological polar surface area (TPSA) is 11.6 Å². The third-order valence-corrected chi connectivity index (χ3v) is 2.33. The number of pyridine rings is 3. The van der Waals surface area contributed by atoms with E-state index in [0.29, 0.717) is 0 Å². The fourth-order valence-corrected chi connectivity index (χ4v) is 1.30. The number of aromatic nitrogens is 3. The number of nitrogens with zero attached hydrogens (tertiary/aromatic N) is 3. The summed E-state index contributed by atoms with van der Waals surface area (Å²) in [6.45, 7) is 0. The standard InChI is InChI=1S/3C6H7N.Cu/c3*1-7-5-3-2-4-6-7;/h3*2-6H,1H2;. The maximum atomic E-state index is 3.64. The predicted molar refractivity (Wildman–Crippen MR) is 82.2 cm³/mol. The van der Waals surface area contributed by atoms with Crippen LogP contribution in [0, 0.1) is 21.1 Å². The van der Waals surface area contributed by atoms with Crippen molar-refractivity contribution in [3.8, 4) is 0 Å². The zero-order chi connectivity index (χ0) is 15.3. The van der Waals surface area contributed by atoms with Gasteiger partial charge in [0.2, 0.25) is 0 Å². The van der Waals surface area contributed by atoms with Crippen LogP contribution >= 0.6 is 0 Å². The first-order chi connectivity index (χ1) is 10.2. The van der Waals surface area contributed by atoms with Crippen LogP contribution in [-0.4, -0.2) is 0 Å². The Kier molecular flexibility index (Phi) is 11.0. The second-order valence-corrected chi connectivity index (χ2v) is 4.17. The van der Waals surface area contributed by atoms with Crippen LogP contribution in [0.5, 0.6) is 0 Å². The minimum atomic E-state index is 0. The average Bonchev–Trinajstić information content (AvgIpc) is 2.51. The molecule has 0 spiro atoms. The quantitative estimate of drug-likeness (QED) is 0.336. The Morgan fingerprint density at radius 1 is 0.364 bits per heavy atom. The molecule has 0 fully saturated rings. The Hall–Kier alpha value is -2.42. The number of hydrogen-bond acceptors (Lipinski definition) is 0. The van der Waals surface area contributed by atoms with E-state index in [2.05, 4.69) is 21.1 Å². The van der Waals surface area contributed by atoms with Crippen molar-refractivity contribution in [2.24, 2.45) is 0 Å². The summed E-state index contributed by atoms with van der Waals surface area (Å²) in [7, 11) is 10.9. The molecular formula is C18H21CuN3. The first kappa shape index (κ1) is 19.6. The van der Waals surface area contributed by atoms with E-state index in [-0.39, 0.29) is 17.1 Å². The Morgan fingerprint density at radius 2 is 0.545 bits per heavy atom. The first-order valence-corrected chi connectivity index (χ1v) is 6.50. The van der Waals surface area contributed by atoms with Crippen LogP contribution in [0.3, 0.4) is 0 Å². The van der Waals surface area contributed by atoms with Crippen LogP contribution in [0.4, 0.5) is 0 Å². The Morgan fingerprint density at radius 3 is 0.636 bits per heavy atom. The summed E-state index contributed by atoms with van der Waals surface area (Å²) >= 11 is 0. The molecule has 0 aliphatic rings. The summed E-state index contributed by atoms with van der Waals surface area (Å²) in [5.74, 6) is 0. The summed E-state index contributed by atoms with van der Waals surface area (Å²) in [5.41, 5.74) is 0. The molecule has 1 radical (unpaired) electrons. The molecule has 0 saturated heterocycles. The molecule has 0 atom stereocenters. The largest absolute Gasteiger partial charge is 0.339 e. The molecule has 0 saturated carbocycles. The smallest absolute Gasteiger partial charge is 0.0689 e. The van der Waals surface area contributed by atoms with Gasteiger partial charge in [0.05, 0.1) is 37.2 Å². The molecule has 3 aromatic rings. The van der Waals surface area contributed by atoms with Gasteiger partial charge >= 0.3 is 0 Å². The van der Waals surface area contributed by atoms with Crippen molar-refractivity contribution in [1.29, 1.82) is 0 Å². The molecule has 3 rings (SSSR count). The average molecular weight is 343 g/mol. The normalized spacial score (nSPS) is 8.18. The van der Waals surface area contributed by atoms with Crippen LogP contribution in [0.15, 0.2) is 91.8 Å². The van der Waals surface area contributed by atoms with Crippen LogP contribution in [-0.2, 0) is 17.1 Å². The molecule has 0 amide bonds. The van der Waals surface area contributed by atoms with E-state index < -0.39 is 0 Å². The fourth-order valence-electron chi connectivity index (χ4n) is 1.30. The summed E-state index contributed by atoms with van der Waals surface area (Å²) < 4.78 is 5.25. The molecule has 3 aromatic heterocycles. The molecule has 0 aromatic carbocycles. The minimum absolute atomic E-state index is 0. The maximum Gasteiger partial charge on any atom is 0.0689 e. The van der Waals surface area contributed by atoms with Crippen molar-refractivity contribution in [1.82, 2.24) is 0 Å². The molecule has 4 heteroatoms. The molecule has 22 heavy (non-hydrogen) atoms. The van der Waals surface area contributed by atoms with E-state index in [4.69, 9.17) is 0 Å². The van der Waals surface area contributed by atoms with Crippen LogP contribution in [0.2, 0.25) is 0 Å². The molecule has 0 unspecified atom stereocenters. The fraction of sp³-hybridized carbons (Fsp3) is 0. The third kappa shape index (κ3) is 10.4. The van der Waals surface area contributed by atoms with Gasteiger partial charge in [0, 0.05) is 38.2 Å². The monoisotopic (exact) mass is 342 g/mol. The molecule has 3 nitrogen and oxygen atoms in total. The van der Waals surface area contributed by atoms with Gasteiger partial charge in [-0.15, -0.1) is 0 Å². The molecule has 119 valence electrons. The summed E-state index contributed by atoms with van der Waals surface area (Å²) in [6, 6.07) is 17.5. The Labute approximate surface area is 144 Å². The number of rotatable bonds is 0. The molecule has 0 aliphatic carbocycles. The Balaban J connectivity index is 0.000000294. The zero-order valence-electron chi connectivity index (χ0n) is 12.4. The van der Waals surface area contributed by atoms with Gasteiger partial charge in [-0.05, 0) is 0 Å². The predicted octanol–water partition coefficient (Wildman–Crippen LogP) is 1.84. The molecule has 3 heterocycles. The zero-order valence-corrected chi connectivity index (χ0v) is 13.4. The molecule has 0 N–H and O–H groups in total. The summed E-state index contributed by atoms with van der Waals surface area (Å²) in [5, 5.41) is 0. The van der Waals surface area contributed by atoms with Gasteiger partial charge in [0.15, 0.2) is 0 Å². The van der Waals surface area contributed by atoms with Gasteiger partial charge < -0.3 is 13.7 Å². The van der Waals surface area contributed by atoms with Gasteiger partial charge in [0.1, 0.15) is 0 Å². The van der Waals surface area contributed by atoms with Gasteiger partial charge in [-0.1, -0.05) is 54.6 Å². The van der Waals surface area contributed by atoms with Crippen LogP contribution < -0.4 is 13.7 Å². The van der Waals surface area contributed by atoms with E-state index >= 15 is 0 Å². The Bertz CT molecular complexity index is 497. The van der Waals surface area contributed by atoms with Crippen molar-refractivity contribution in [2.75, 3.05) is 0 Å². The van der Waals surface area contributed by atoms with Crippen LogP contribution in [0.1, 0.15) is 0 Å². The molecule has 0 aliphatic heterocycles. The van der Waals surface area contributed by atoms with Gasteiger partial charge in [-0.25, -0.2) is 0 Å². The van der Waals surface area contributed by atoms with Gasteiger partial charge in [-0.3, -0.25) is 0 Å². The number of hydrogen-bond donors (Lipinski definition) is 0. The van der Waals surface area contributed by atoms with Crippen molar-refractivity contribution in [2.45, 2.75) is 0 Å². The van der Waals surface area contributed by atoms with Crippen molar-refractivity contribution in [3.63, 3.8) is 0 Å². The molecular weight excluding hydrogens is 322 g/mol. The van der Waals surface area contributed by atoms with E-state index in [1.807, 2.05) is 91.8 Å². The van der Waals surface area contributed by atoms with E-state index in [9.17, 15) is 0 Å². The second-order valence-electron chi connectivity index (χ2n) is 4.17. The SMILES string of the molecule is [CH2-][n+]1ccccc1.[CH2-][n+]1ccccc1.[CH2-][n+]1ccccc1.[Cu]. The minimum Gasteiger partial charge on any atom is -0.339 e. The second kappa shape index (κ2) is 12.3. The summed E-state index contributed by atoms with van der Waals surface area (Å²) in [6.07, 6.45) is 11.3.